The van der Waals surface area contributed by atoms with Crippen molar-refractivity contribution in [2.75, 3.05) is 0 Å². The summed E-state index contributed by atoms with van der Waals surface area (Å²) in [7, 11) is 0. The Morgan fingerprint density at radius 3 is 2.50 bits per heavy atom. The molecule has 18 heavy (non-hydrogen) atoms. The average molecular weight is 249 g/mol. The number of alkyl carbamates (subject to hydrolysis) is 1. The second-order valence-electron chi connectivity index (χ2n) is 4.88. The number of nitrogens with zero attached hydrogens (tertiary/aromatic N) is 1. The third-order valence-corrected chi connectivity index (χ3v) is 2.04. The second kappa shape index (κ2) is 6.05. The third-order valence-electron chi connectivity index (χ3n) is 2.04. The van der Waals surface area contributed by atoms with Crippen molar-refractivity contribution >= 4 is 12.3 Å². The number of rotatable bonds is 3. The zero-order valence-corrected chi connectivity index (χ0v) is 10.9. The molecule has 3 N–H and O–H groups in total. The number of hydrogen-bond donors (Lipinski definition) is 2. The van der Waals surface area contributed by atoms with Crippen LogP contribution in [0.2, 0.25) is 0 Å². The van der Waals surface area contributed by atoms with Crippen LogP contribution in [0.1, 0.15) is 31.9 Å². The van der Waals surface area contributed by atoms with Crippen LogP contribution in [0, 0.1) is 0 Å². The van der Waals surface area contributed by atoms with Crippen molar-refractivity contribution in [2.24, 2.45) is 10.9 Å². The van der Waals surface area contributed by atoms with Gasteiger partial charge in [0, 0.05) is 6.54 Å². The molecule has 0 fully saturated rings. The molecule has 0 atom stereocenters. The smallest absolute Gasteiger partial charge is 0.407 e. The van der Waals surface area contributed by atoms with Crippen LogP contribution in [0.3, 0.4) is 0 Å². The number of hydrogen-bond acceptors (Lipinski definition) is 4. The Morgan fingerprint density at radius 2 is 2.00 bits per heavy atom. The van der Waals surface area contributed by atoms with Crippen molar-refractivity contribution in [2.45, 2.75) is 32.9 Å². The maximum absolute atomic E-state index is 11.4. The predicted molar refractivity (Wildman–Crippen MR) is 71.3 cm³/mol. The fraction of sp³-hybridized carbons (Fsp3) is 0.385. The van der Waals surface area contributed by atoms with Gasteiger partial charge in [-0.05, 0) is 31.9 Å². The first-order valence-corrected chi connectivity index (χ1v) is 5.70. The second-order valence-corrected chi connectivity index (χ2v) is 4.88. The molecule has 1 aromatic rings. The van der Waals surface area contributed by atoms with Gasteiger partial charge in [0.15, 0.2) is 0 Å². The molecular weight excluding hydrogens is 230 g/mol. The molecule has 5 heteroatoms. The molecular formula is C13H19N3O2. The van der Waals surface area contributed by atoms with E-state index in [1.54, 1.807) is 6.21 Å². The zero-order chi connectivity index (χ0) is 13.6. The van der Waals surface area contributed by atoms with Crippen molar-refractivity contribution in [3.63, 3.8) is 0 Å². The highest BCUT2D eigenvalue weighted by atomic mass is 16.6. The number of amides is 1. The third kappa shape index (κ3) is 5.34. The van der Waals surface area contributed by atoms with Crippen LogP contribution in [0.5, 0.6) is 0 Å². The molecule has 0 saturated heterocycles. The molecule has 0 spiro atoms. The van der Waals surface area contributed by atoms with E-state index in [1.165, 1.54) is 0 Å². The molecule has 0 aliphatic carbocycles. The highest BCUT2D eigenvalue weighted by Crippen LogP contribution is 2.07. The average Bonchev–Trinajstić information content (AvgIpc) is 2.26. The molecule has 0 saturated carbocycles. The fourth-order valence-corrected chi connectivity index (χ4v) is 1.30. The minimum absolute atomic E-state index is 0.421. The van der Waals surface area contributed by atoms with E-state index >= 15 is 0 Å². The maximum Gasteiger partial charge on any atom is 0.407 e. The molecule has 1 rings (SSSR count). The number of benzene rings is 1. The van der Waals surface area contributed by atoms with Crippen molar-refractivity contribution in [1.82, 2.24) is 5.32 Å². The maximum atomic E-state index is 11.4. The van der Waals surface area contributed by atoms with E-state index in [2.05, 4.69) is 10.4 Å². The van der Waals surface area contributed by atoms with Crippen LogP contribution in [-0.2, 0) is 11.3 Å². The number of hydrazone groups is 1. The highest BCUT2D eigenvalue weighted by molar-refractivity contribution is 5.79. The summed E-state index contributed by atoms with van der Waals surface area (Å²) in [5, 5.41) is 6.12. The Bertz CT molecular complexity index is 419. The molecule has 98 valence electrons. The van der Waals surface area contributed by atoms with E-state index in [0.717, 1.165) is 11.1 Å². The lowest BCUT2D eigenvalue weighted by molar-refractivity contribution is 0.0523. The number of ether oxygens (including phenoxy) is 1. The minimum atomic E-state index is -0.481. The van der Waals surface area contributed by atoms with Crippen LogP contribution in [0.25, 0.3) is 0 Å². The van der Waals surface area contributed by atoms with Gasteiger partial charge in [-0.15, -0.1) is 0 Å². The molecule has 0 aromatic heterocycles. The summed E-state index contributed by atoms with van der Waals surface area (Å²) in [5.74, 6) is 5.05. The SMILES string of the molecule is CC(C)(C)OC(=O)NCc1ccc(/C=N/N)cc1. The van der Waals surface area contributed by atoms with E-state index in [0.29, 0.717) is 6.54 Å². The summed E-state index contributed by atoms with van der Waals surface area (Å²) >= 11 is 0. The molecule has 0 aliphatic rings. The monoisotopic (exact) mass is 249 g/mol. The summed E-state index contributed by atoms with van der Waals surface area (Å²) in [6.45, 7) is 5.91. The molecule has 0 radical (unpaired) electrons. The number of carbonyl (C=O) groups excluding carboxylic acids is 1. The van der Waals surface area contributed by atoms with Gasteiger partial charge in [0.05, 0.1) is 6.21 Å². The van der Waals surface area contributed by atoms with Gasteiger partial charge >= 0.3 is 6.09 Å². The lowest BCUT2D eigenvalue weighted by Crippen LogP contribution is -2.32. The van der Waals surface area contributed by atoms with E-state index in [1.807, 2.05) is 45.0 Å². The molecule has 0 bridgehead atoms. The quantitative estimate of drug-likeness (QED) is 0.488. The van der Waals surface area contributed by atoms with Gasteiger partial charge in [0.1, 0.15) is 5.60 Å². The normalized spacial score (nSPS) is 11.5. The summed E-state index contributed by atoms with van der Waals surface area (Å²) in [4.78, 5) is 11.4. The Hall–Kier alpha value is -2.04. The summed E-state index contributed by atoms with van der Waals surface area (Å²) in [6, 6.07) is 7.55. The number of nitrogens with two attached hydrogens (primary N) is 1. The fourth-order valence-electron chi connectivity index (χ4n) is 1.30. The van der Waals surface area contributed by atoms with Crippen molar-refractivity contribution in [1.29, 1.82) is 0 Å². The zero-order valence-electron chi connectivity index (χ0n) is 10.9. The van der Waals surface area contributed by atoms with Gasteiger partial charge in [-0.3, -0.25) is 0 Å². The predicted octanol–water partition coefficient (Wildman–Crippen LogP) is 2.00. The van der Waals surface area contributed by atoms with E-state index in [-0.39, 0.29) is 0 Å². The Kier molecular flexibility index (Phi) is 4.71. The van der Waals surface area contributed by atoms with Crippen molar-refractivity contribution in [3.8, 4) is 0 Å². The molecule has 0 unspecified atom stereocenters. The lowest BCUT2D eigenvalue weighted by Gasteiger charge is -2.19. The first-order chi connectivity index (χ1) is 8.40. The molecule has 1 amide bonds. The van der Waals surface area contributed by atoms with Crippen LogP contribution in [0.15, 0.2) is 29.4 Å². The van der Waals surface area contributed by atoms with Crippen LogP contribution < -0.4 is 11.2 Å². The molecule has 0 heterocycles. The summed E-state index contributed by atoms with van der Waals surface area (Å²) < 4.78 is 5.13. The van der Waals surface area contributed by atoms with E-state index in [9.17, 15) is 4.79 Å². The van der Waals surface area contributed by atoms with Gasteiger partial charge in [-0.25, -0.2) is 4.79 Å². The highest BCUT2D eigenvalue weighted by Gasteiger charge is 2.15. The van der Waals surface area contributed by atoms with E-state index in [4.69, 9.17) is 10.6 Å². The first kappa shape index (κ1) is 14.0. The van der Waals surface area contributed by atoms with Crippen LogP contribution in [0.4, 0.5) is 4.79 Å². The van der Waals surface area contributed by atoms with Gasteiger partial charge in [-0.2, -0.15) is 5.10 Å². The topological polar surface area (TPSA) is 76.7 Å². The Balaban J connectivity index is 2.46. The van der Waals surface area contributed by atoms with Gasteiger partial charge < -0.3 is 15.9 Å². The molecule has 0 aliphatic heterocycles. The van der Waals surface area contributed by atoms with Crippen molar-refractivity contribution in [3.05, 3.63) is 35.4 Å². The Morgan fingerprint density at radius 1 is 1.39 bits per heavy atom. The summed E-state index contributed by atoms with van der Waals surface area (Å²) in [5.41, 5.74) is 1.42. The van der Waals surface area contributed by atoms with E-state index < -0.39 is 11.7 Å². The Labute approximate surface area is 107 Å². The number of carbonyl (C=O) groups is 1. The largest absolute Gasteiger partial charge is 0.444 e. The summed E-state index contributed by atoms with van der Waals surface area (Å²) in [6.07, 6.45) is 1.14. The number of nitrogens with one attached hydrogen (secondary N) is 1. The van der Waals surface area contributed by atoms with Gasteiger partial charge in [0.25, 0.3) is 0 Å². The van der Waals surface area contributed by atoms with Gasteiger partial charge in [-0.1, -0.05) is 24.3 Å². The lowest BCUT2D eigenvalue weighted by atomic mass is 10.1. The molecule has 1 aromatic carbocycles. The van der Waals surface area contributed by atoms with Gasteiger partial charge in [0.2, 0.25) is 0 Å². The molecule has 5 nitrogen and oxygen atoms in total. The first-order valence-electron chi connectivity index (χ1n) is 5.70. The van der Waals surface area contributed by atoms with Crippen molar-refractivity contribution < 1.29 is 9.53 Å². The minimum Gasteiger partial charge on any atom is -0.444 e. The van der Waals surface area contributed by atoms with Crippen LogP contribution in [-0.4, -0.2) is 17.9 Å². The standard InChI is InChI=1S/C13H19N3O2/c1-13(2,3)18-12(17)15-8-10-4-6-11(7-5-10)9-16-14/h4-7,9H,8,14H2,1-3H3,(H,15,17)/b16-9+. The van der Waals surface area contributed by atoms with Crippen LogP contribution >= 0.6 is 0 Å².